The van der Waals surface area contributed by atoms with E-state index in [1.54, 1.807) is 0 Å². The normalized spacial score (nSPS) is 18.0. The number of hydrogen-bond acceptors (Lipinski definition) is 7. The van der Waals surface area contributed by atoms with E-state index in [2.05, 4.69) is 62.3 Å². The Morgan fingerprint density at radius 3 is 1.37 bits per heavy atom. The van der Waals surface area contributed by atoms with Crippen LogP contribution in [0.15, 0.2) is 0 Å². The second kappa shape index (κ2) is 32.9. The lowest BCUT2D eigenvalue weighted by atomic mass is 9.89. The first-order valence-corrected chi connectivity index (χ1v) is 24.2. The third-order valence-electron chi connectivity index (χ3n) is 11.4. The van der Waals surface area contributed by atoms with Gasteiger partial charge in [-0.2, -0.15) is 0 Å². The van der Waals surface area contributed by atoms with Crippen LogP contribution in [0.3, 0.4) is 0 Å². The zero-order valence-electron chi connectivity index (χ0n) is 37.5. The molecule has 0 aliphatic carbocycles. The van der Waals surface area contributed by atoms with Crippen LogP contribution in [0.25, 0.3) is 0 Å². The molecule has 0 aromatic rings. The van der Waals surface area contributed by atoms with Crippen molar-refractivity contribution < 1.29 is 33.1 Å². The van der Waals surface area contributed by atoms with Gasteiger partial charge in [0, 0.05) is 19.8 Å². The topological polar surface area (TPSA) is 120 Å². The van der Waals surface area contributed by atoms with E-state index in [1.165, 1.54) is 96.3 Å². The van der Waals surface area contributed by atoms with Crippen LogP contribution in [0.1, 0.15) is 198 Å². The summed E-state index contributed by atoms with van der Waals surface area (Å²) in [6.45, 7) is 24.0. The molecule has 326 valence electrons. The number of hydrogen-bond donors (Lipinski definition) is 3. The molecule has 4 N–H and O–H groups in total. The molecule has 0 aliphatic heterocycles. The molecule has 0 aromatic heterocycles. The van der Waals surface area contributed by atoms with Crippen molar-refractivity contribution in [3.8, 4) is 0 Å². The first kappa shape index (κ1) is 53.9. The maximum Gasteiger partial charge on any atom is 0.472 e. The predicted octanol–water partition coefficient (Wildman–Crippen LogP) is 12.5. The number of rotatable bonds is 39. The fourth-order valence-electron chi connectivity index (χ4n) is 7.34. The van der Waals surface area contributed by atoms with E-state index >= 15 is 0 Å². The van der Waals surface area contributed by atoms with Crippen LogP contribution in [0, 0.1) is 41.4 Å². The van der Waals surface area contributed by atoms with Crippen LogP contribution >= 0.6 is 7.82 Å². The summed E-state index contributed by atoms with van der Waals surface area (Å²) < 4.78 is 34.5. The van der Waals surface area contributed by atoms with Gasteiger partial charge in [-0.05, 0) is 67.6 Å². The molecule has 0 bridgehead atoms. The Hall–Kier alpha value is -0.0500. The molecule has 0 saturated heterocycles. The summed E-state index contributed by atoms with van der Waals surface area (Å²) in [6, 6.07) is 0. The number of aliphatic hydroxyl groups is 1. The minimum absolute atomic E-state index is 0.0662. The third-order valence-corrected chi connectivity index (χ3v) is 12.4. The minimum Gasteiger partial charge on any atom is -0.390 e. The summed E-state index contributed by atoms with van der Waals surface area (Å²) in [5.41, 5.74) is 4.58. The molecule has 54 heavy (non-hydrogen) atoms. The van der Waals surface area contributed by atoms with Crippen molar-refractivity contribution in [3.63, 3.8) is 0 Å². The van der Waals surface area contributed by atoms with Crippen LogP contribution in [0.5, 0.6) is 0 Å². The first-order valence-electron chi connectivity index (χ1n) is 22.7. The molecule has 8 nitrogen and oxygen atoms in total. The molecule has 2 unspecified atom stereocenters. The number of nitrogens with two attached hydrogens (primary N) is 1. The number of ether oxygens (including phenoxy) is 2. The van der Waals surface area contributed by atoms with Gasteiger partial charge in [-0.3, -0.25) is 9.05 Å². The lowest BCUT2D eigenvalue weighted by molar-refractivity contribution is -0.0644. The second-order valence-electron chi connectivity index (χ2n) is 18.8. The fraction of sp³-hybridized carbons (Fsp3) is 1.00. The molecule has 0 aromatic carbocycles. The van der Waals surface area contributed by atoms with Gasteiger partial charge in [0.05, 0.1) is 25.4 Å². The summed E-state index contributed by atoms with van der Waals surface area (Å²) in [5, 5.41) is 11.1. The van der Waals surface area contributed by atoms with E-state index in [4.69, 9.17) is 24.3 Å². The van der Waals surface area contributed by atoms with Gasteiger partial charge >= 0.3 is 7.82 Å². The maximum absolute atomic E-state index is 12.3. The molecule has 0 amide bonds. The average molecular weight is 792 g/mol. The lowest BCUT2D eigenvalue weighted by Crippen LogP contribution is -2.31. The molecule has 0 spiro atoms. The highest BCUT2D eigenvalue weighted by Gasteiger charge is 2.25. The smallest absolute Gasteiger partial charge is 0.390 e. The lowest BCUT2D eigenvalue weighted by Gasteiger charge is -2.26. The fourth-order valence-corrected chi connectivity index (χ4v) is 8.11. The Balaban J connectivity index is 4.49. The summed E-state index contributed by atoms with van der Waals surface area (Å²) in [6.07, 6.45) is 23.4. The summed E-state index contributed by atoms with van der Waals surface area (Å²) in [5.74, 6) is 5.29. The van der Waals surface area contributed by atoms with Crippen molar-refractivity contribution in [2.75, 3.05) is 39.6 Å². The van der Waals surface area contributed by atoms with Crippen molar-refractivity contribution in [1.82, 2.24) is 0 Å². The molecule has 0 saturated carbocycles. The quantitative estimate of drug-likeness (QED) is 0.0416. The van der Waals surface area contributed by atoms with Gasteiger partial charge in [0.1, 0.15) is 6.10 Å². The van der Waals surface area contributed by atoms with Gasteiger partial charge in [0.15, 0.2) is 0 Å². The molecule has 0 aliphatic rings. The molecule has 0 heterocycles. The zero-order chi connectivity index (χ0) is 40.8. The average Bonchev–Trinajstić information content (AvgIpc) is 3.07. The molecule has 0 radical (unpaired) electrons. The minimum atomic E-state index is -4.24. The van der Waals surface area contributed by atoms with E-state index in [0.717, 1.165) is 55.3 Å². The zero-order valence-corrected chi connectivity index (χ0v) is 38.4. The van der Waals surface area contributed by atoms with Gasteiger partial charge in [0.2, 0.25) is 0 Å². The van der Waals surface area contributed by atoms with Crippen LogP contribution in [-0.2, 0) is 23.1 Å². The maximum atomic E-state index is 12.3. The highest BCUT2D eigenvalue weighted by Crippen LogP contribution is 2.43. The molecule has 9 heteroatoms. The number of phosphoric ester groups is 1. The Bertz CT molecular complexity index is 888. The van der Waals surface area contributed by atoms with Crippen molar-refractivity contribution in [1.29, 1.82) is 0 Å². The molecule has 0 fully saturated rings. The summed E-state index contributed by atoms with van der Waals surface area (Å²) in [4.78, 5) is 10.0. The van der Waals surface area contributed by atoms with Crippen molar-refractivity contribution in [2.45, 2.75) is 209 Å². The van der Waals surface area contributed by atoms with Gasteiger partial charge in [0.25, 0.3) is 0 Å². The van der Waals surface area contributed by atoms with Crippen LogP contribution in [0.2, 0.25) is 0 Å². The summed E-state index contributed by atoms with van der Waals surface area (Å²) >= 11 is 0. The monoisotopic (exact) mass is 792 g/mol. The third kappa shape index (κ3) is 35.1. The van der Waals surface area contributed by atoms with E-state index in [-0.39, 0.29) is 26.4 Å². The van der Waals surface area contributed by atoms with Crippen LogP contribution < -0.4 is 5.73 Å². The van der Waals surface area contributed by atoms with Gasteiger partial charge in [-0.25, -0.2) is 4.57 Å². The predicted molar refractivity (Wildman–Crippen MR) is 230 cm³/mol. The van der Waals surface area contributed by atoms with Crippen molar-refractivity contribution in [3.05, 3.63) is 0 Å². The summed E-state index contributed by atoms with van der Waals surface area (Å²) in [7, 11) is -4.24. The van der Waals surface area contributed by atoms with E-state index in [9.17, 15) is 14.6 Å². The van der Waals surface area contributed by atoms with Crippen molar-refractivity contribution >= 4 is 7.82 Å². The molecular formula is C45H94NO7P. The highest BCUT2D eigenvalue weighted by atomic mass is 31.2. The Kier molecular flexibility index (Phi) is 32.8. The van der Waals surface area contributed by atoms with Gasteiger partial charge < -0.3 is 25.2 Å². The Morgan fingerprint density at radius 1 is 0.537 bits per heavy atom. The highest BCUT2D eigenvalue weighted by molar-refractivity contribution is 7.47. The Labute approximate surface area is 336 Å². The van der Waals surface area contributed by atoms with Gasteiger partial charge in [-0.15, -0.1) is 0 Å². The molecular weight excluding hydrogens is 697 g/mol. The largest absolute Gasteiger partial charge is 0.472 e. The first-order chi connectivity index (χ1) is 25.4. The Morgan fingerprint density at radius 2 is 0.944 bits per heavy atom. The second-order valence-corrected chi connectivity index (χ2v) is 20.3. The molecule has 8 atom stereocenters. The van der Waals surface area contributed by atoms with Crippen LogP contribution in [-0.4, -0.2) is 61.3 Å². The number of phosphoric acid groups is 1. The van der Waals surface area contributed by atoms with E-state index in [0.29, 0.717) is 31.5 Å². The van der Waals surface area contributed by atoms with Crippen molar-refractivity contribution in [2.24, 2.45) is 47.2 Å². The van der Waals surface area contributed by atoms with Gasteiger partial charge in [-0.1, -0.05) is 171 Å². The standard InChI is InChI=1S/C45H94NO7P/c1-37(2)17-11-19-39(5)21-13-23-41(7)24-15-26-43(9)28-32-50-35-44(36-53-54(48,49)52-34-31-46)51-33-30-45(10,47)29-16-27-42(8)25-14-22-40(6)20-12-18-38(3)4/h37-44,47H,11-36,46H2,1-10H3,(H,48,49)/t39-,40-,41-,42-,43-,44-,45?/m1/s1. The van der Waals surface area contributed by atoms with Crippen LogP contribution in [0.4, 0.5) is 0 Å². The molecule has 0 rings (SSSR count). The van der Waals surface area contributed by atoms with E-state index in [1.807, 2.05) is 6.92 Å². The SMILES string of the molecule is CC(C)CCC[C@@H](C)CCC[C@@H](C)CCC[C@@H](C)CCOC[C@H](COP(=O)(O)OCCN)OCCC(C)(O)CCC[C@H](C)CCC[C@H](C)CCCC(C)C. The van der Waals surface area contributed by atoms with E-state index < -0.39 is 19.5 Å².